The van der Waals surface area contributed by atoms with Gasteiger partial charge in [0.2, 0.25) is 0 Å². The molecule has 0 radical (unpaired) electrons. The van der Waals surface area contributed by atoms with Crippen molar-refractivity contribution in [1.29, 1.82) is 0 Å². The summed E-state index contributed by atoms with van der Waals surface area (Å²) in [6.45, 7) is 12.3. The standard InChI is InChI=1S/C27H35NO6S/c1-18-12-11-13-19(16-18)23-22(35(31,32)20-14-9-8-10-15-20)17-21(24(29)33-26(2,3)4)28(23)25(30)34-27(5,6)7/h8-16,21-23H,17H2,1-7H3. The third-order valence-electron chi connectivity index (χ3n) is 5.58. The lowest BCUT2D eigenvalue weighted by Gasteiger charge is -2.34. The second-order valence-corrected chi connectivity index (χ2v) is 13.1. The minimum atomic E-state index is -3.93. The number of nitrogens with zero attached hydrogens (tertiary/aromatic N) is 1. The first-order valence-corrected chi connectivity index (χ1v) is 13.2. The fraction of sp³-hybridized carbons (Fsp3) is 0.481. The molecule has 0 bridgehead atoms. The molecule has 1 amide bonds. The smallest absolute Gasteiger partial charge is 0.411 e. The molecule has 0 spiro atoms. The molecule has 8 heteroatoms. The van der Waals surface area contributed by atoms with E-state index >= 15 is 0 Å². The average Bonchev–Trinajstić information content (AvgIpc) is 3.14. The molecule has 3 atom stereocenters. The van der Waals surface area contributed by atoms with Crippen LogP contribution in [0.15, 0.2) is 59.5 Å². The van der Waals surface area contributed by atoms with Gasteiger partial charge in [0.25, 0.3) is 0 Å². The summed E-state index contributed by atoms with van der Waals surface area (Å²) in [4.78, 5) is 28.2. The second kappa shape index (κ2) is 9.64. The average molecular weight is 502 g/mol. The highest BCUT2D eigenvalue weighted by Gasteiger charge is 2.55. The summed E-state index contributed by atoms with van der Waals surface area (Å²) in [5, 5.41) is -1.07. The molecule has 1 fully saturated rings. The first kappa shape index (κ1) is 26.7. The molecule has 0 aromatic heterocycles. The van der Waals surface area contributed by atoms with E-state index in [1.807, 2.05) is 25.1 Å². The second-order valence-electron chi connectivity index (χ2n) is 10.9. The fourth-order valence-electron chi connectivity index (χ4n) is 4.28. The number of aryl methyl sites for hydroxylation is 1. The Morgan fingerprint density at radius 3 is 2.03 bits per heavy atom. The number of likely N-dealkylation sites (tertiary alicyclic amines) is 1. The summed E-state index contributed by atoms with van der Waals surface area (Å²) in [6.07, 6.45) is -0.866. The Morgan fingerprint density at radius 2 is 1.49 bits per heavy atom. The van der Waals surface area contributed by atoms with Gasteiger partial charge in [0.05, 0.1) is 16.2 Å². The van der Waals surface area contributed by atoms with Crippen molar-refractivity contribution in [2.75, 3.05) is 0 Å². The van der Waals surface area contributed by atoms with Crippen LogP contribution in [0.2, 0.25) is 0 Å². The molecule has 1 aliphatic heterocycles. The van der Waals surface area contributed by atoms with Crippen molar-refractivity contribution in [2.45, 2.75) is 88.3 Å². The minimum Gasteiger partial charge on any atom is -0.458 e. The number of ether oxygens (including phenoxy) is 2. The van der Waals surface area contributed by atoms with Crippen LogP contribution in [0.3, 0.4) is 0 Å². The largest absolute Gasteiger partial charge is 0.458 e. The van der Waals surface area contributed by atoms with Gasteiger partial charge < -0.3 is 9.47 Å². The number of hydrogen-bond donors (Lipinski definition) is 0. The maximum Gasteiger partial charge on any atom is 0.411 e. The topological polar surface area (TPSA) is 90.0 Å². The Hall–Kier alpha value is -2.87. The van der Waals surface area contributed by atoms with Gasteiger partial charge in [0, 0.05) is 0 Å². The molecule has 1 heterocycles. The van der Waals surface area contributed by atoms with Gasteiger partial charge in [0.1, 0.15) is 17.2 Å². The Bertz CT molecular complexity index is 1180. The highest BCUT2D eigenvalue weighted by Crippen LogP contribution is 2.44. The van der Waals surface area contributed by atoms with Crippen LogP contribution in [0.25, 0.3) is 0 Å². The molecule has 2 aromatic carbocycles. The van der Waals surface area contributed by atoms with Gasteiger partial charge in [-0.15, -0.1) is 0 Å². The molecule has 1 aliphatic rings. The highest BCUT2D eigenvalue weighted by molar-refractivity contribution is 7.92. The van der Waals surface area contributed by atoms with Gasteiger partial charge in [0.15, 0.2) is 9.84 Å². The summed E-state index contributed by atoms with van der Waals surface area (Å²) in [5.41, 5.74) is -0.135. The maximum atomic E-state index is 13.9. The number of rotatable bonds is 4. The lowest BCUT2D eigenvalue weighted by Crippen LogP contribution is -2.47. The molecule has 7 nitrogen and oxygen atoms in total. The van der Waals surface area contributed by atoms with E-state index in [2.05, 4.69) is 0 Å². The normalized spacial score (nSPS) is 21.0. The van der Waals surface area contributed by atoms with Crippen LogP contribution in [-0.2, 0) is 24.1 Å². The highest BCUT2D eigenvalue weighted by atomic mass is 32.2. The number of amides is 1. The van der Waals surface area contributed by atoms with Crippen LogP contribution in [0.4, 0.5) is 4.79 Å². The Morgan fingerprint density at radius 1 is 0.886 bits per heavy atom. The van der Waals surface area contributed by atoms with Crippen LogP contribution in [0, 0.1) is 6.92 Å². The van der Waals surface area contributed by atoms with E-state index < -0.39 is 50.4 Å². The van der Waals surface area contributed by atoms with Crippen molar-refractivity contribution in [3.05, 3.63) is 65.7 Å². The Kier molecular flexibility index (Phi) is 7.37. The summed E-state index contributed by atoms with van der Waals surface area (Å²) in [7, 11) is -3.93. The third kappa shape index (κ3) is 6.23. The molecule has 0 N–H and O–H groups in total. The molecule has 3 unspecified atom stereocenters. The molecule has 190 valence electrons. The summed E-state index contributed by atoms with van der Waals surface area (Å²) < 4.78 is 39.0. The van der Waals surface area contributed by atoms with Gasteiger partial charge in [-0.25, -0.2) is 18.0 Å². The minimum absolute atomic E-state index is 0.107. The zero-order chi connectivity index (χ0) is 26.2. The third-order valence-corrected chi connectivity index (χ3v) is 7.76. The van der Waals surface area contributed by atoms with Crippen molar-refractivity contribution >= 4 is 21.9 Å². The Labute approximate surface area is 208 Å². The lowest BCUT2D eigenvalue weighted by molar-refractivity contribution is -0.160. The molecule has 0 aliphatic carbocycles. The molecule has 2 aromatic rings. The number of sulfone groups is 1. The zero-order valence-electron chi connectivity index (χ0n) is 21.4. The van der Waals surface area contributed by atoms with Crippen LogP contribution < -0.4 is 0 Å². The van der Waals surface area contributed by atoms with E-state index in [1.54, 1.807) is 65.8 Å². The monoisotopic (exact) mass is 501 g/mol. The van der Waals surface area contributed by atoms with E-state index in [4.69, 9.17) is 9.47 Å². The number of carbonyl (C=O) groups is 2. The van der Waals surface area contributed by atoms with E-state index in [0.717, 1.165) is 5.56 Å². The van der Waals surface area contributed by atoms with Gasteiger partial charge in [-0.1, -0.05) is 48.0 Å². The lowest BCUT2D eigenvalue weighted by atomic mass is 10.0. The molecule has 35 heavy (non-hydrogen) atoms. The Balaban J connectivity index is 2.20. The zero-order valence-corrected chi connectivity index (χ0v) is 22.3. The van der Waals surface area contributed by atoms with Crippen LogP contribution in [-0.4, -0.2) is 47.9 Å². The number of carbonyl (C=O) groups excluding carboxylic acids is 2. The van der Waals surface area contributed by atoms with E-state index in [-0.39, 0.29) is 11.3 Å². The van der Waals surface area contributed by atoms with E-state index in [0.29, 0.717) is 5.56 Å². The van der Waals surface area contributed by atoms with Crippen LogP contribution in [0.1, 0.15) is 65.1 Å². The summed E-state index contributed by atoms with van der Waals surface area (Å²) in [6, 6.07) is 13.4. The summed E-state index contributed by atoms with van der Waals surface area (Å²) >= 11 is 0. The van der Waals surface area contributed by atoms with Crippen LogP contribution >= 0.6 is 0 Å². The molecule has 1 saturated heterocycles. The van der Waals surface area contributed by atoms with Gasteiger partial charge in [-0.3, -0.25) is 4.90 Å². The SMILES string of the molecule is Cc1cccc(C2C(S(=O)(=O)c3ccccc3)CC(C(=O)OC(C)(C)C)N2C(=O)OC(C)(C)C)c1. The van der Waals surface area contributed by atoms with Crippen molar-refractivity contribution in [3.8, 4) is 0 Å². The molecular formula is C27H35NO6S. The van der Waals surface area contributed by atoms with Crippen LogP contribution in [0.5, 0.6) is 0 Å². The molecular weight excluding hydrogens is 466 g/mol. The predicted molar refractivity (Wildman–Crippen MR) is 134 cm³/mol. The van der Waals surface area contributed by atoms with Crippen molar-refractivity contribution < 1.29 is 27.5 Å². The van der Waals surface area contributed by atoms with Gasteiger partial charge in [-0.2, -0.15) is 0 Å². The first-order valence-electron chi connectivity index (χ1n) is 11.7. The number of esters is 1. The maximum absolute atomic E-state index is 13.9. The number of benzene rings is 2. The molecule has 3 rings (SSSR count). The van der Waals surface area contributed by atoms with Crippen molar-refractivity contribution in [1.82, 2.24) is 4.90 Å². The molecule has 0 saturated carbocycles. The van der Waals surface area contributed by atoms with Crippen molar-refractivity contribution in [3.63, 3.8) is 0 Å². The van der Waals surface area contributed by atoms with Crippen molar-refractivity contribution in [2.24, 2.45) is 0 Å². The van der Waals surface area contributed by atoms with E-state index in [1.165, 1.54) is 17.0 Å². The van der Waals surface area contributed by atoms with Gasteiger partial charge >= 0.3 is 12.1 Å². The number of hydrogen-bond acceptors (Lipinski definition) is 6. The van der Waals surface area contributed by atoms with Gasteiger partial charge in [-0.05, 0) is 72.6 Å². The predicted octanol–water partition coefficient (Wildman–Crippen LogP) is 5.23. The van der Waals surface area contributed by atoms with E-state index in [9.17, 15) is 18.0 Å². The quantitative estimate of drug-likeness (QED) is 0.533. The fourth-order valence-corrected chi connectivity index (χ4v) is 6.23. The summed E-state index contributed by atoms with van der Waals surface area (Å²) in [5.74, 6) is -0.660. The first-order chi connectivity index (χ1) is 16.1.